The Morgan fingerprint density at radius 3 is 2.21 bits per heavy atom. The van der Waals surface area contributed by atoms with Crippen LogP contribution in [0.5, 0.6) is 0 Å². The Labute approximate surface area is 202 Å². The smallest absolute Gasteiger partial charge is 0.411 e. The molecule has 1 fully saturated rings. The van der Waals surface area contributed by atoms with E-state index in [4.69, 9.17) is 4.74 Å². The number of pyridine rings is 1. The van der Waals surface area contributed by atoms with Crippen LogP contribution in [0.15, 0.2) is 66.7 Å². The van der Waals surface area contributed by atoms with E-state index < -0.39 is 11.2 Å². The fraction of sp³-hybridized carbons (Fsp3) is 0.379. The third-order valence-electron chi connectivity index (χ3n) is 6.57. The van der Waals surface area contributed by atoms with E-state index in [0.717, 1.165) is 33.6 Å². The summed E-state index contributed by atoms with van der Waals surface area (Å²) in [6, 6.07) is 22.2. The van der Waals surface area contributed by atoms with Crippen molar-refractivity contribution in [1.29, 1.82) is 0 Å². The van der Waals surface area contributed by atoms with Crippen LogP contribution in [0.2, 0.25) is 0 Å². The second kappa shape index (κ2) is 9.22. The average molecular weight is 459 g/mol. The number of ether oxygens (including phenoxy) is 1. The molecule has 2 heterocycles. The van der Waals surface area contributed by atoms with E-state index in [9.17, 15) is 9.90 Å². The number of carbonyl (C=O) groups is 1. The van der Waals surface area contributed by atoms with Crippen LogP contribution in [-0.4, -0.2) is 33.2 Å². The van der Waals surface area contributed by atoms with Crippen LogP contribution in [0.1, 0.15) is 62.2 Å². The summed E-state index contributed by atoms with van der Waals surface area (Å²) in [6.45, 7) is 10.1. The van der Waals surface area contributed by atoms with Gasteiger partial charge in [0, 0.05) is 30.8 Å². The van der Waals surface area contributed by atoms with Crippen molar-refractivity contribution >= 4 is 6.09 Å². The van der Waals surface area contributed by atoms with Crippen molar-refractivity contribution in [3.05, 3.63) is 89.2 Å². The van der Waals surface area contributed by atoms with Crippen molar-refractivity contribution in [3.63, 3.8) is 0 Å². The molecule has 1 aromatic heterocycles. The van der Waals surface area contributed by atoms with Crippen molar-refractivity contribution in [1.82, 2.24) is 9.88 Å². The summed E-state index contributed by atoms with van der Waals surface area (Å²) in [5, 5.41) is 10.6. The predicted octanol–water partition coefficient (Wildman–Crippen LogP) is 6.33. The first-order valence-electron chi connectivity index (χ1n) is 11.9. The monoisotopic (exact) mass is 458 g/mol. The molecule has 1 saturated heterocycles. The van der Waals surface area contributed by atoms with Crippen LogP contribution in [0, 0.1) is 13.8 Å². The Morgan fingerprint density at radius 2 is 1.65 bits per heavy atom. The van der Waals surface area contributed by atoms with Gasteiger partial charge in [0.05, 0.1) is 11.6 Å². The molecule has 2 atom stereocenters. The fourth-order valence-electron chi connectivity index (χ4n) is 5.03. The Bertz CT molecular complexity index is 1130. The van der Waals surface area contributed by atoms with Crippen LogP contribution >= 0.6 is 0 Å². The molecule has 1 amide bonds. The van der Waals surface area contributed by atoms with Gasteiger partial charge in [-0.2, -0.15) is 0 Å². The second-order valence-corrected chi connectivity index (χ2v) is 10.1. The third kappa shape index (κ3) is 5.15. The molecule has 3 aromatic rings. The quantitative estimate of drug-likeness (QED) is 0.469. The Morgan fingerprint density at radius 1 is 1.03 bits per heavy atom. The number of carbonyl (C=O) groups excluding carboxylic acids is 1. The van der Waals surface area contributed by atoms with E-state index in [2.05, 4.69) is 41.4 Å². The number of hydrogen-bond donors (Lipinski definition) is 1. The summed E-state index contributed by atoms with van der Waals surface area (Å²) in [4.78, 5) is 19.5. The molecule has 0 aliphatic carbocycles. The van der Waals surface area contributed by atoms with Gasteiger partial charge in [0.2, 0.25) is 0 Å². The Kier molecular flexibility index (Phi) is 6.50. The molecule has 0 radical (unpaired) electrons. The van der Waals surface area contributed by atoms with E-state index in [-0.39, 0.29) is 12.1 Å². The Hall–Kier alpha value is -3.18. The minimum absolute atomic E-state index is 0.127. The number of benzene rings is 2. The van der Waals surface area contributed by atoms with Crippen LogP contribution < -0.4 is 0 Å². The number of aliphatic hydroxyl groups is 1. The van der Waals surface area contributed by atoms with Crippen molar-refractivity contribution < 1.29 is 14.6 Å². The highest BCUT2D eigenvalue weighted by Crippen LogP contribution is 2.42. The summed E-state index contributed by atoms with van der Waals surface area (Å²) >= 11 is 0. The first-order chi connectivity index (χ1) is 16.1. The number of hydrogen-bond acceptors (Lipinski definition) is 4. The maximum Gasteiger partial charge on any atom is 0.411 e. The summed E-state index contributed by atoms with van der Waals surface area (Å²) < 4.78 is 6.13. The van der Waals surface area contributed by atoms with Gasteiger partial charge in [-0.1, -0.05) is 54.6 Å². The maximum atomic E-state index is 13.3. The lowest BCUT2D eigenvalue weighted by molar-refractivity contribution is -0.101. The molecular weight excluding hydrogens is 424 g/mol. The highest BCUT2D eigenvalue weighted by molar-refractivity contribution is 5.70. The lowest BCUT2D eigenvalue weighted by atomic mass is 9.80. The molecule has 4 rings (SSSR count). The zero-order valence-electron chi connectivity index (χ0n) is 20.7. The molecule has 178 valence electrons. The van der Waals surface area contributed by atoms with Crippen LogP contribution in [-0.2, 0) is 10.3 Å². The lowest BCUT2D eigenvalue weighted by Crippen LogP contribution is -2.51. The fourth-order valence-corrected chi connectivity index (χ4v) is 5.03. The highest BCUT2D eigenvalue weighted by atomic mass is 16.6. The standard InChI is InChI=1S/C29H34N2O3/c1-20-17-25(18-21(2)30-20)24-13-11-23(12-14-24)22(3)31-16-15-29(34-27(31)32,19-28(4,5)33)26-9-7-6-8-10-26/h6-14,17-18,22,33H,15-16,19H2,1-5H3/t22-,29-/m0/s1. The van der Waals surface area contributed by atoms with Crippen molar-refractivity contribution in [2.75, 3.05) is 6.54 Å². The molecule has 0 unspecified atom stereocenters. The minimum Gasteiger partial charge on any atom is -0.438 e. The van der Waals surface area contributed by atoms with Gasteiger partial charge in [-0.05, 0) is 69.0 Å². The van der Waals surface area contributed by atoms with Gasteiger partial charge in [-0.15, -0.1) is 0 Å². The summed E-state index contributed by atoms with van der Waals surface area (Å²) in [5.74, 6) is 0. The second-order valence-electron chi connectivity index (χ2n) is 10.1. The van der Waals surface area contributed by atoms with E-state index in [1.807, 2.05) is 51.1 Å². The normalized spacial score (nSPS) is 19.6. The van der Waals surface area contributed by atoms with Gasteiger partial charge in [0.1, 0.15) is 5.60 Å². The van der Waals surface area contributed by atoms with Gasteiger partial charge in [0.25, 0.3) is 0 Å². The number of cyclic esters (lactones) is 1. The van der Waals surface area contributed by atoms with Gasteiger partial charge in [-0.3, -0.25) is 4.98 Å². The van der Waals surface area contributed by atoms with Crippen molar-refractivity contribution in [3.8, 4) is 11.1 Å². The maximum absolute atomic E-state index is 13.3. The van der Waals surface area contributed by atoms with E-state index in [0.29, 0.717) is 19.4 Å². The van der Waals surface area contributed by atoms with Gasteiger partial charge in [0.15, 0.2) is 0 Å². The zero-order valence-corrected chi connectivity index (χ0v) is 20.7. The predicted molar refractivity (Wildman–Crippen MR) is 134 cm³/mol. The summed E-state index contributed by atoms with van der Waals surface area (Å²) in [7, 11) is 0. The SMILES string of the molecule is Cc1cc(-c2ccc([C@H](C)N3CC[C@](CC(C)(C)O)(c4ccccc4)OC3=O)cc2)cc(C)n1. The van der Waals surface area contributed by atoms with E-state index in [1.165, 1.54) is 0 Å². The van der Waals surface area contributed by atoms with E-state index >= 15 is 0 Å². The van der Waals surface area contributed by atoms with Gasteiger partial charge in [-0.25, -0.2) is 4.79 Å². The number of rotatable bonds is 6. The molecule has 5 nitrogen and oxygen atoms in total. The Balaban J connectivity index is 1.54. The molecule has 5 heteroatoms. The summed E-state index contributed by atoms with van der Waals surface area (Å²) in [6.07, 6.45) is 0.610. The molecule has 2 aromatic carbocycles. The number of aryl methyl sites for hydroxylation is 2. The lowest BCUT2D eigenvalue weighted by Gasteiger charge is -2.45. The molecule has 34 heavy (non-hydrogen) atoms. The van der Waals surface area contributed by atoms with Gasteiger partial charge >= 0.3 is 6.09 Å². The topological polar surface area (TPSA) is 62.7 Å². The molecule has 0 bridgehead atoms. The van der Waals surface area contributed by atoms with Crippen molar-refractivity contribution in [2.24, 2.45) is 0 Å². The van der Waals surface area contributed by atoms with Crippen LogP contribution in [0.25, 0.3) is 11.1 Å². The van der Waals surface area contributed by atoms with E-state index in [1.54, 1.807) is 18.7 Å². The molecule has 1 N–H and O–H groups in total. The van der Waals surface area contributed by atoms with Crippen molar-refractivity contribution in [2.45, 2.75) is 64.7 Å². The molecule has 1 aliphatic rings. The number of amides is 1. The largest absolute Gasteiger partial charge is 0.438 e. The van der Waals surface area contributed by atoms with Crippen LogP contribution in [0.3, 0.4) is 0 Å². The highest BCUT2D eigenvalue weighted by Gasteiger charge is 2.46. The third-order valence-corrected chi connectivity index (χ3v) is 6.57. The number of aromatic nitrogens is 1. The first-order valence-corrected chi connectivity index (χ1v) is 11.9. The van der Waals surface area contributed by atoms with Crippen LogP contribution in [0.4, 0.5) is 4.79 Å². The zero-order chi connectivity index (χ0) is 24.5. The summed E-state index contributed by atoms with van der Waals surface area (Å²) in [5.41, 5.74) is 4.42. The molecule has 0 spiro atoms. The molecule has 1 aliphatic heterocycles. The van der Waals surface area contributed by atoms with Gasteiger partial charge < -0.3 is 14.7 Å². The number of nitrogens with zero attached hydrogens (tertiary/aromatic N) is 2. The average Bonchev–Trinajstić information content (AvgIpc) is 2.78. The first kappa shape index (κ1) is 24.0. The molecule has 0 saturated carbocycles. The molecular formula is C29H34N2O3. The minimum atomic E-state index is -0.969.